The van der Waals surface area contributed by atoms with Gasteiger partial charge in [-0.1, -0.05) is 31.9 Å². The first-order valence-corrected chi connectivity index (χ1v) is 8.32. The van der Waals surface area contributed by atoms with Gasteiger partial charge in [0.15, 0.2) is 0 Å². The molecular weight excluding hydrogens is 296 g/mol. The first-order valence-electron chi connectivity index (χ1n) is 7.44. The second kappa shape index (κ2) is 8.34. The monoisotopic (exact) mass is 316 g/mol. The van der Waals surface area contributed by atoms with E-state index in [2.05, 4.69) is 17.6 Å². The van der Waals surface area contributed by atoms with E-state index in [9.17, 15) is 9.59 Å². The van der Waals surface area contributed by atoms with E-state index < -0.39 is 0 Å². The van der Waals surface area contributed by atoms with Gasteiger partial charge in [-0.2, -0.15) is 0 Å². The molecule has 0 unspecified atom stereocenters. The van der Waals surface area contributed by atoms with E-state index in [0.29, 0.717) is 22.7 Å². The summed E-state index contributed by atoms with van der Waals surface area (Å²) in [7, 11) is 0. The molecule has 0 aliphatic heterocycles. The van der Waals surface area contributed by atoms with E-state index in [1.54, 1.807) is 18.2 Å². The summed E-state index contributed by atoms with van der Waals surface area (Å²) in [5.41, 5.74) is 1.37. The van der Waals surface area contributed by atoms with Crippen LogP contribution in [-0.4, -0.2) is 11.8 Å². The summed E-state index contributed by atoms with van der Waals surface area (Å²) in [6.45, 7) is 2.11. The van der Waals surface area contributed by atoms with Crippen LogP contribution >= 0.6 is 11.3 Å². The zero-order chi connectivity index (χ0) is 15.8. The molecular formula is C17H20N2O2S. The van der Waals surface area contributed by atoms with Gasteiger partial charge in [-0.05, 0) is 36.1 Å². The lowest BCUT2D eigenvalue weighted by molar-refractivity contribution is -0.116. The summed E-state index contributed by atoms with van der Waals surface area (Å²) in [4.78, 5) is 24.5. The maximum absolute atomic E-state index is 12.0. The minimum absolute atomic E-state index is 0.00943. The van der Waals surface area contributed by atoms with Crippen molar-refractivity contribution in [2.24, 2.45) is 0 Å². The number of carbonyl (C=O) groups is 2. The average Bonchev–Trinajstić information content (AvgIpc) is 3.02. The Hall–Kier alpha value is -2.14. The highest BCUT2D eigenvalue weighted by Crippen LogP contribution is 2.18. The molecule has 0 saturated carbocycles. The maximum atomic E-state index is 12.0. The smallest absolute Gasteiger partial charge is 0.265 e. The Morgan fingerprint density at radius 2 is 1.82 bits per heavy atom. The molecule has 2 N–H and O–H groups in total. The fourth-order valence-electron chi connectivity index (χ4n) is 2.03. The Kier molecular flexibility index (Phi) is 6.15. The van der Waals surface area contributed by atoms with E-state index in [0.717, 1.165) is 19.3 Å². The van der Waals surface area contributed by atoms with Crippen molar-refractivity contribution in [3.8, 4) is 0 Å². The summed E-state index contributed by atoms with van der Waals surface area (Å²) in [5, 5.41) is 7.55. The van der Waals surface area contributed by atoms with E-state index in [4.69, 9.17) is 0 Å². The number of benzene rings is 1. The van der Waals surface area contributed by atoms with Gasteiger partial charge >= 0.3 is 0 Å². The van der Waals surface area contributed by atoms with Crippen LogP contribution in [0, 0.1) is 0 Å². The molecule has 116 valence electrons. The van der Waals surface area contributed by atoms with Gasteiger partial charge in [0.05, 0.1) is 4.88 Å². The van der Waals surface area contributed by atoms with Crippen molar-refractivity contribution in [2.45, 2.75) is 32.6 Å². The van der Waals surface area contributed by atoms with Gasteiger partial charge in [-0.3, -0.25) is 9.59 Å². The number of rotatable bonds is 7. The predicted molar refractivity (Wildman–Crippen MR) is 91.5 cm³/mol. The second-order valence-electron chi connectivity index (χ2n) is 5.02. The molecule has 0 radical (unpaired) electrons. The Morgan fingerprint density at radius 1 is 1.05 bits per heavy atom. The lowest BCUT2D eigenvalue weighted by Crippen LogP contribution is -2.13. The number of amides is 2. The van der Waals surface area contributed by atoms with E-state index in [-0.39, 0.29) is 11.8 Å². The molecule has 5 heteroatoms. The Morgan fingerprint density at radius 3 is 2.50 bits per heavy atom. The topological polar surface area (TPSA) is 58.2 Å². The van der Waals surface area contributed by atoms with Crippen molar-refractivity contribution in [1.82, 2.24) is 0 Å². The highest BCUT2D eigenvalue weighted by molar-refractivity contribution is 7.12. The average molecular weight is 316 g/mol. The third-order valence-electron chi connectivity index (χ3n) is 3.16. The van der Waals surface area contributed by atoms with Gasteiger partial charge in [0.2, 0.25) is 5.91 Å². The first kappa shape index (κ1) is 16.2. The van der Waals surface area contributed by atoms with Gasteiger partial charge in [-0.15, -0.1) is 11.3 Å². The molecule has 22 heavy (non-hydrogen) atoms. The minimum atomic E-state index is -0.138. The highest BCUT2D eigenvalue weighted by atomic mass is 32.1. The molecule has 2 amide bonds. The molecule has 1 heterocycles. The van der Waals surface area contributed by atoms with Gasteiger partial charge in [0, 0.05) is 17.8 Å². The number of nitrogens with one attached hydrogen (secondary N) is 2. The van der Waals surface area contributed by atoms with Crippen molar-refractivity contribution in [1.29, 1.82) is 0 Å². The zero-order valence-corrected chi connectivity index (χ0v) is 13.4. The largest absolute Gasteiger partial charge is 0.326 e. The molecule has 2 rings (SSSR count). The second-order valence-corrected chi connectivity index (χ2v) is 5.97. The zero-order valence-electron chi connectivity index (χ0n) is 12.6. The number of carbonyl (C=O) groups excluding carboxylic acids is 2. The van der Waals surface area contributed by atoms with Crippen molar-refractivity contribution in [3.63, 3.8) is 0 Å². The van der Waals surface area contributed by atoms with Crippen LogP contribution in [0.2, 0.25) is 0 Å². The molecule has 2 aromatic rings. The molecule has 0 saturated heterocycles. The van der Waals surface area contributed by atoms with Gasteiger partial charge in [0.25, 0.3) is 5.91 Å². The molecule has 0 spiro atoms. The Balaban J connectivity index is 1.92. The summed E-state index contributed by atoms with van der Waals surface area (Å²) in [6, 6.07) is 10.8. The molecule has 4 nitrogen and oxygen atoms in total. The van der Waals surface area contributed by atoms with Crippen molar-refractivity contribution < 1.29 is 9.59 Å². The number of thiophene rings is 1. The third-order valence-corrected chi connectivity index (χ3v) is 4.03. The number of anilines is 2. The molecule has 0 aliphatic carbocycles. The van der Waals surface area contributed by atoms with Crippen molar-refractivity contribution in [2.75, 3.05) is 10.6 Å². The molecule has 0 aliphatic rings. The van der Waals surface area contributed by atoms with Crippen LogP contribution in [0.4, 0.5) is 11.4 Å². The third kappa shape index (κ3) is 5.00. The van der Waals surface area contributed by atoms with E-state index in [1.807, 2.05) is 23.6 Å². The summed E-state index contributed by atoms with van der Waals surface area (Å²) in [5.74, 6) is -0.128. The molecule has 1 aromatic carbocycles. The normalized spacial score (nSPS) is 10.2. The van der Waals surface area contributed by atoms with Crippen LogP contribution in [0.25, 0.3) is 0 Å². The van der Waals surface area contributed by atoms with Crippen LogP contribution in [0.5, 0.6) is 0 Å². The fourth-order valence-corrected chi connectivity index (χ4v) is 2.65. The molecule has 0 fully saturated rings. The number of unbranched alkanes of at least 4 members (excludes halogenated alkanes) is 2. The van der Waals surface area contributed by atoms with Crippen LogP contribution < -0.4 is 10.6 Å². The number of hydrogen-bond acceptors (Lipinski definition) is 3. The summed E-state index contributed by atoms with van der Waals surface area (Å²) < 4.78 is 0. The first-order chi connectivity index (χ1) is 10.7. The Bertz CT molecular complexity index is 623. The molecule has 0 atom stereocenters. The maximum Gasteiger partial charge on any atom is 0.265 e. The molecule has 0 bridgehead atoms. The summed E-state index contributed by atoms with van der Waals surface area (Å²) >= 11 is 1.39. The quantitative estimate of drug-likeness (QED) is 0.738. The lowest BCUT2D eigenvalue weighted by atomic mass is 10.2. The van der Waals surface area contributed by atoms with Crippen LogP contribution in [0.1, 0.15) is 42.3 Å². The Labute approximate surface area is 134 Å². The van der Waals surface area contributed by atoms with Gasteiger partial charge in [0.1, 0.15) is 0 Å². The standard InChI is InChI=1S/C17H20N2O2S/c1-2-3-4-10-16(20)18-13-7-5-8-14(12-13)19-17(21)15-9-6-11-22-15/h5-9,11-12H,2-4,10H2,1H3,(H,18,20)(H,19,21). The van der Waals surface area contributed by atoms with Gasteiger partial charge < -0.3 is 10.6 Å². The van der Waals surface area contributed by atoms with E-state index in [1.165, 1.54) is 11.3 Å². The molecule has 1 aromatic heterocycles. The summed E-state index contributed by atoms with van der Waals surface area (Å²) in [6.07, 6.45) is 3.58. The SMILES string of the molecule is CCCCCC(=O)Nc1cccc(NC(=O)c2cccs2)c1. The van der Waals surface area contributed by atoms with Crippen molar-refractivity contribution >= 4 is 34.5 Å². The van der Waals surface area contributed by atoms with Crippen LogP contribution in [0.3, 0.4) is 0 Å². The number of hydrogen-bond donors (Lipinski definition) is 2. The van der Waals surface area contributed by atoms with E-state index >= 15 is 0 Å². The minimum Gasteiger partial charge on any atom is -0.326 e. The highest BCUT2D eigenvalue weighted by Gasteiger charge is 2.08. The van der Waals surface area contributed by atoms with Crippen LogP contribution in [-0.2, 0) is 4.79 Å². The predicted octanol–water partition coefficient (Wildman–Crippen LogP) is 4.52. The van der Waals surface area contributed by atoms with Crippen LogP contribution in [0.15, 0.2) is 41.8 Å². The fraction of sp³-hybridized carbons (Fsp3) is 0.294. The lowest BCUT2D eigenvalue weighted by Gasteiger charge is -2.08. The van der Waals surface area contributed by atoms with Crippen molar-refractivity contribution in [3.05, 3.63) is 46.7 Å². The van der Waals surface area contributed by atoms with Gasteiger partial charge in [-0.25, -0.2) is 0 Å².